The second-order valence-electron chi connectivity index (χ2n) is 2.92. The van der Waals surface area contributed by atoms with Crippen molar-refractivity contribution in [3.8, 4) is 0 Å². The summed E-state index contributed by atoms with van der Waals surface area (Å²) in [6, 6.07) is 0. The van der Waals surface area contributed by atoms with Crippen LogP contribution in [0.2, 0.25) is 0 Å². The van der Waals surface area contributed by atoms with Crippen LogP contribution in [0.4, 0.5) is 0 Å². The Morgan fingerprint density at radius 1 is 1.50 bits per heavy atom. The Balaban J connectivity index is 2.81. The highest BCUT2D eigenvalue weighted by atomic mass is 79.9. The summed E-state index contributed by atoms with van der Waals surface area (Å²) in [7, 11) is 0. The molecule has 0 bridgehead atoms. The molecule has 0 aliphatic rings. The third kappa shape index (κ3) is 1.33. The Hall–Kier alpha value is -0.940. The first-order chi connectivity index (χ1) is 6.77. The van der Waals surface area contributed by atoms with Gasteiger partial charge in [0.15, 0.2) is 0 Å². The first-order valence-corrected chi connectivity index (χ1v) is 5.16. The van der Waals surface area contributed by atoms with Gasteiger partial charge in [-0.15, -0.1) is 0 Å². The van der Waals surface area contributed by atoms with Gasteiger partial charge < -0.3 is 9.67 Å². The van der Waals surface area contributed by atoms with Crippen molar-refractivity contribution in [3.63, 3.8) is 0 Å². The summed E-state index contributed by atoms with van der Waals surface area (Å²) >= 11 is 3.43. The number of rotatable bonds is 2. The lowest BCUT2D eigenvalue weighted by molar-refractivity contribution is 0.266. The number of pyridine rings is 1. The number of halogens is 1. The van der Waals surface area contributed by atoms with E-state index in [0.717, 1.165) is 22.1 Å². The highest BCUT2D eigenvalue weighted by Gasteiger charge is 2.10. The standard InChI is InChI=1S/C9H10BrN3O/c1-2-13-8(5-14)12-7-4-11-3-6(10)9(7)13/h3-4,14H,2,5H2,1H3. The molecule has 2 rings (SSSR count). The van der Waals surface area contributed by atoms with Gasteiger partial charge in [-0.25, -0.2) is 4.98 Å². The van der Waals surface area contributed by atoms with Gasteiger partial charge in [0, 0.05) is 12.7 Å². The fourth-order valence-electron chi connectivity index (χ4n) is 1.56. The number of aliphatic hydroxyl groups excluding tert-OH is 1. The molecule has 0 aliphatic carbocycles. The lowest BCUT2D eigenvalue weighted by atomic mass is 10.4. The summed E-state index contributed by atoms with van der Waals surface area (Å²) in [6.45, 7) is 2.76. The van der Waals surface area contributed by atoms with Crippen LogP contribution in [0.3, 0.4) is 0 Å². The molecular formula is C9H10BrN3O. The average Bonchev–Trinajstić information content (AvgIpc) is 2.56. The van der Waals surface area contributed by atoms with Crippen molar-refractivity contribution in [2.75, 3.05) is 0 Å². The van der Waals surface area contributed by atoms with Gasteiger partial charge in [0.25, 0.3) is 0 Å². The second kappa shape index (κ2) is 3.67. The number of hydrogen-bond acceptors (Lipinski definition) is 3. The maximum Gasteiger partial charge on any atom is 0.135 e. The molecule has 0 spiro atoms. The summed E-state index contributed by atoms with van der Waals surface area (Å²) < 4.78 is 2.88. The number of nitrogens with zero attached hydrogens (tertiary/aromatic N) is 3. The zero-order valence-electron chi connectivity index (χ0n) is 7.74. The van der Waals surface area contributed by atoms with E-state index in [4.69, 9.17) is 5.11 Å². The zero-order valence-corrected chi connectivity index (χ0v) is 9.32. The molecule has 0 saturated carbocycles. The Bertz CT molecular complexity index is 466. The van der Waals surface area contributed by atoms with E-state index in [1.807, 2.05) is 11.5 Å². The normalized spacial score (nSPS) is 11.1. The van der Waals surface area contributed by atoms with Crippen molar-refractivity contribution in [3.05, 3.63) is 22.7 Å². The maximum absolute atomic E-state index is 9.12. The average molecular weight is 256 g/mol. The van der Waals surface area contributed by atoms with Crippen LogP contribution >= 0.6 is 15.9 Å². The van der Waals surface area contributed by atoms with E-state index in [1.54, 1.807) is 12.4 Å². The van der Waals surface area contributed by atoms with Crippen LogP contribution in [0, 0.1) is 0 Å². The van der Waals surface area contributed by atoms with Crippen LogP contribution in [0.15, 0.2) is 16.9 Å². The van der Waals surface area contributed by atoms with Crippen LogP contribution in [-0.4, -0.2) is 19.6 Å². The number of aliphatic hydroxyl groups is 1. The Labute approximate surface area is 89.7 Å². The second-order valence-corrected chi connectivity index (χ2v) is 3.77. The monoisotopic (exact) mass is 255 g/mol. The molecule has 2 aromatic rings. The summed E-state index contributed by atoms with van der Waals surface area (Å²) in [6.07, 6.45) is 3.43. The first-order valence-electron chi connectivity index (χ1n) is 4.37. The molecular weight excluding hydrogens is 246 g/mol. The van der Waals surface area contributed by atoms with Crippen molar-refractivity contribution in [1.29, 1.82) is 0 Å². The fourth-order valence-corrected chi connectivity index (χ4v) is 2.09. The van der Waals surface area contributed by atoms with Crippen LogP contribution in [0.5, 0.6) is 0 Å². The number of imidazole rings is 1. The molecule has 0 radical (unpaired) electrons. The summed E-state index contributed by atoms with van der Waals surface area (Å²) in [5.74, 6) is 0.677. The lowest BCUT2D eigenvalue weighted by Gasteiger charge is -2.03. The predicted molar refractivity (Wildman–Crippen MR) is 56.8 cm³/mol. The molecule has 5 heteroatoms. The molecule has 4 nitrogen and oxygen atoms in total. The molecule has 1 N–H and O–H groups in total. The molecule has 0 aromatic carbocycles. The predicted octanol–water partition coefficient (Wildman–Crippen LogP) is 1.71. The molecule has 0 saturated heterocycles. The molecule has 0 fully saturated rings. The molecule has 0 aliphatic heterocycles. The molecule has 0 amide bonds. The van der Waals surface area contributed by atoms with E-state index in [0.29, 0.717) is 5.82 Å². The van der Waals surface area contributed by atoms with Gasteiger partial charge >= 0.3 is 0 Å². The van der Waals surface area contributed by atoms with Gasteiger partial charge in [-0.1, -0.05) is 0 Å². The summed E-state index contributed by atoms with van der Waals surface area (Å²) in [5, 5.41) is 9.12. The lowest BCUT2D eigenvalue weighted by Crippen LogP contribution is -2.01. The van der Waals surface area contributed by atoms with Crippen LogP contribution in [0.25, 0.3) is 11.0 Å². The minimum Gasteiger partial charge on any atom is -0.388 e. The number of fused-ring (bicyclic) bond motifs is 1. The molecule has 2 aromatic heterocycles. The van der Waals surface area contributed by atoms with Crippen molar-refractivity contribution < 1.29 is 5.11 Å². The van der Waals surface area contributed by atoms with Crippen LogP contribution < -0.4 is 0 Å². The SMILES string of the molecule is CCn1c(CO)nc2cncc(Br)c21. The quantitative estimate of drug-likeness (QED) is 0.889. The number of aryl methyl sites for hydroxylation is 1. The van der Waals surface area contributed by atoms with E-state index in [1.165, 1.54) is 0 Å². The Kier molecular flexibility index (Phi) is 2.52. The third-order valence-electron chi connectivity index (χ3n) is 2.14. The zero-order chi connectivity index (χ0) is 10.1. The highest BCUT2D eigenvalue weighted by Crippen LogP contribution is 2.23. The first kappa shape index (κ1) is 9.61. The van der Waals surface area contributed by atoms with E-state index in [-0.39, 0.29) is 6.61 Å². The summed E-state index contributed by atoms with van der Waals surface area (Å²) in [5.41, 5.74) is 1.80. The van der Waals surface area contributed by atoms with Crippen LogP contribution in [0.1, 0.15) is 12.7 Å². The number of aromatic nitrogens is 3. The van der Waals surface area contributed by atoms with Gasteiger partial charge in [0.05, 0.1) is 16.2 Å². The highest BCUT2D eigenvalue weighted by molar-refractivity contribution is 9.10. The Morgan fingerprint density at radius 3 is 2.93 bits per heavy atom. The van der Waals surface area contributed by atoms with Crippen molar-refractivity contribution in [2.45, 2.75) is 20.1 Å². The largest absolute Gasteiger partial charge is 0.388 e. The van der Waals surface area contributed by atoms with Gasteiger partial charge in [-0.3, -0.25) is 4.98 Å². The molecule has 74 valence electrons. The molecule has 0 unspecified atom stereocenters. The van der Waals surface area contributed by atoms with Crippen LogP contribution in [-0.2, 0) is 13.2 Å². The van der Waals surface area contributed by atoms with Crippen molar-refractivity contribution in [1.82, 2.24) is 14.5 Å². The van der Waals surface area contributed by atoms with Gasteiger partial charge in [-0.05, 0) is 22.9 Å². The minimum atomic E-state index is -0.0467. The number of hydrogen-bond donors (Lipinski definition) is 1. The minimum absolute atomic E-state index is 0.0467. The van der Waals surface area contributed by atoms with Crippen molar-refractivity contribution >= 4 is 27.0 Å². The van der Waals surface area contributed by atoms with Gasteiger partial charge in [0.2, 0.25) is 0 Å². The molecule has 14 heavy (non-hydrogen) atoms. The smallest absolute Gasteiger partial charge is 0.135 e. The summed E-state index contributed by atoms with van der Waals surface area (Å²) in [4.78, 5) is 8.31. The molecule has 2 heterocycles. The fraction of sp³-hybridized carbons (Fsp3) is 0.333. The van der Waals surface area contributed by atoms with Gasteiger partial charge in [-0.2, -0.15) is 0 Å². The molecule has 0 atom stereocenters. The van der Waals surface area contributed by atoms with E-state index in [2.05, 4.69) is 25.9 Å². The van der Waals surface area contributed by atoms with Gasteiger partial charge in [0.1, 0.15) is 17.9 Å². The Morgan fingerprint density at radius 2 is 2.29 bits per heavy atom. The third-order valence-corrected chi connectivity index (χ3v) is 2.72. The van der Waals surface area contributed by atoms with E-state index < -0.39 is 0 Å². The maximum atomic E-state index is 9.12. The van der Waals surface area contributed by atoms with E-state index in [9.17, 15) is 0 Å². The van der Waals surface area contributed by atoms with E-state index >= 15 is 0 Å². The van der Waals surface area contributed by atoms with Crippen molar-refractivity contribution in [2.24, 2.45) is 0 Å². The topological polar surface area (TPSA) is 50.9 Å².